The highest BCUT2D eigenvalue weighted by molar-refractivity contribution is 5.41. The molecule has 2 aromatic rings. The molecule has 4 heterocycles. The van der Waals surface area contributed by atoms with Crippen LogP contribution in [0, 0.1) is 0 Å². The second kappa shape index (κ2) is 7.84. The van der Waals surface area contributed by atoms with Gasteiger partial charge in [-0.3, -0.25) is 0 Å². The van der Waals surface area contributed by atoms with Crippen LogP contribution in [0.5, 0.6) is 6.01 Å². The number of methoxy groups -OCH3 is 1. The van der Waals surface area contributed by atoms with E-state index in [4.69, 9.17) is 9.72 Å². The van der Waals surface area contributed by atoms with Crippen molar-refractivity contribution in [3.05, 3.63) is 12.7 Å². The summed E-state index contributed by atoms with van der Waals surface area (Å²) in [4.78, 5) is 22.3. The van der Waals surface area contributed by atoms with Gasteiger partial charge in [0.05, 0.1) is 13.2 Å². The maximum absolute atomic E-state index is 5.35. The molecule has 140 valence electrons. The molecule has 0 spiro atoms. The van der Waals surface area contributed by atoms with E-state index in [1.54, 1.807) is 19.8 Å². The smallest absolute Gasteiger partial charge is 0.322 e. The van der Waals surface area contributed by atoms with Gasteiger partial charge in [-0.15, -0.1) is 0 Å². The van der Waals surface area contributed by atoms with Gasteiger partial charge in [0, 0.05) is 26.2 Å². The number of nitrogens with zero attached hydrogens (tertiary/aromatic N) is 8. The van der Waals surface area contributed by atoms with Crippen LogP contribution < -0.4 is 14.5 Å². The molecule has 0 saturated carbocycles. The number of ether oxygens (including phenoxy) is 1. The van der Waals surface area contributed by atoms with Crippen LogP contribution in [0.25, 0.3) is 0 Å². The number of hydrogen-bond donors (Lipinski definition) is 0. The van der Waals surface area contributed by atoms with E-state index in [2.05, 4.69) is 29.9 Å². The third kappa shape index (κ3) is 3.71. The molecule has 9 nitrogen and oxygen atoms in total. The molecule has 2 fully saturated rings. The molecule has 4 rings (SSSR count). The van der Waals surface area contributed by atoms with Gasteiger partial charge in [-0.1, -0.05) is 12.8 Å². The van der Waals surface area contributed by atoms with Crippen LogP contribution in [0.2, 0.25) is 0 Å². The molecule has 2 aliphatic heterocycles. The molecule has 0 aromatic carbocycles. The first-order valence-corrected chi connectivity index (χ1v) is 9.47. The zero-order chi connectivity index (χ0) is 17.8. The first kappa shape index (κ1) is 17.0. The van der Waals surface area contributed by atoms with E-state index in [9.17, 15) is 0 Å². The molecular weight excluding hydrogens is 332 g/mol. The molecule has 0 aliphatic carbocycles. The van der Waals surface area contributed by atoms with E-state index in [-0.39, 0.29) is 0 Å². The van der Waals surface area contributed by atoms with E-state index in [0.717, 1.165) is 45.0 Å². The van der Waals surface area contributed by atoms with E-state index in [1.807, 2.05) is 4.68 Å². The SMILES string of the molecule is COc1nc(N2CCCCCC2)nc(N2CCC(n3cncn3)CC2)n1. The van der Waals surface area contributed by atoms with Gasteiger partial charge in [-0.25, -0.2) is 9.67 Å². The van der Waals surface area contributed by atoms with Gasteiger partial charge in [0.2, 0.25) is 11.9 Å². The van der Waals surface area contributed by atoms with Crippen molar-refractivity contribution in [2.45, 2.75) is 44.6 Å². The van der Waals surface area contributed by atoms with Crippen LogP contribution >= 0.6 is 0 Å². The molecule has 0 radical (unpaired) electrons. The predicted octanol–water partition coefficient (Wildman–Crippen LogP) is 1.69. The fourth-order valence-corrected chi connectivity index (χ4v) is 3.72. The molecule has 2 aromatic heterocycles. The highest BCUT2D eigenvalue weighted by Crippen LogP contribution is 2.26. The largest absolute Gasteiger partial charge is 0.467 e. The number of anilines is 2. The number of hydrogen-bond acceptors (Lipinski definition) is 8. The summed E-state index contributed by atoms with van der Waals surface area (Å²) in [6, 6.07) is 0.787. The topological polar surface area (TPSA) is 85.1 Å². The lowest BCUT2D eigenvalue weighted by molar-refractivity contribution is 0.358. The van der Waals surface area contributed by atoms with Crippen molar-refractivity contribution < 1.29 is 4.74 Å². The monoisotopic (exact) mass is 358 g/mol. The standard InChI is InChI=1S/C17H26N8O/c1-26-17-21-15(23-8-4-2-3-5-9-23)20-16(22-17)24-10-6-14(7-11-24)25-13-18-12-19-25/h12-14H,2-11H2,1H3. The summed E-state index contributed by atoms with van der Waals surface area (Å²) in [5.74, 6) is 1.46. The first-order chi connectivity index (χ1) is 12.8. The van der Waals surface area contributed by atoms with Crippen LogP contribution in [0.1, 0.15) is 44.6 Å². The van der Waals surface area contributed by atoms with E-state index in [0.29, 0.717) is 18.0 Å². The number of rotatable bonds is 4. The van der Waals surface area contributed by atoms with Crippen molar-refractivity contribution in [2.75, 3.05) is 43.1 Å². The third-order valence-electron chi connectivity index (χ3n) is 5.22. The summed E-state index contributed by atoms with van der Waals surface area (Å²) < 4.78 is 7.30. The van der Waals surface area contributed by atoms with Gasteiger partial charge in [0.25, 0.3) is 0 Å². The average molecular weight is 358 g/mol. The minimum absolute atomic E-state index is 0.391. The molecule has 0 unspecified atom stereocenters. The second-order valence-electron chi connectivity index (χ2n) is 6.92. The van der Waals surface area contributed by atoms with E-state index < -0.39 is 0 Å². The molecular formula is C17H26N8O. The fourth-order valence-electron chi connectivity index (χ4n) is 3.72. The summed E-state index contributed by atoms with van der Waals surface area (Å²) in [5.41, 5.74) is 0. The molecule has 2 saturated heterocycles. The zero-order valence-electron chi connectivity index (χ0n) is 15.3. The highest BCUT2D eigenvalue weighted by Gasteiger charge is 2.24. The summed E-state index contributed by atoms with van der Waals surface area (Å²) in [7, 11) is 1.61. The average Bonchev–Trinajstić information content (AvgIpc) is 3.10. The number of piperidine rings is 1. The van der Waals surface area contributed by atoms with Gasteiger partial charge in [-0.05, 0) is 25.7 Å². The van der Waals surface area contributed by atoms with Crippen LogP contribution in [0.4, 0.5) is 11.9 Å². The fraction of sp³-hybridized carbons (Fsp3) is 0.706. The van der Waals surface area contributed by atoms with Crippen LogP contribution in [-0.2, 0) is 0 Å². The van der Waals surface area contributed by atoms with Gasteiger partial charge in [0.15, 0.2) is 0 Å². The quantitative estimate of drug-likeness (QED) is 0.816. The van der Waals surface area contributed by atoms with Gasteiger partial charge in [0.1, 0.15) is 12.7 Å². The molecule has 0 amide bonds. The Morgan fingerprint density at radius 3 is 2.12 bits per heavy atom. The molecule has 0 atom stereocenters. The second-order valence-corrected chi connectivity index (χ2v) is 6.92. The Hall–Kier alpha value is -2.45. The minimum Gasteiger partial charge on any atom is -0.467 e. The molecule has 0 N–H and O–H groups in total. The van der Waals surface area contributed by atoms with Crippen molar-refractivity contribution in [1.29, 1.82) is 0 Å². The lowest BCUT2D eigenvalue weighted by atomic mass is 10.1. The zero-order valence-corrected chi connectivity index (χ0v) is 15.3. The van der Waals surface area contributed by atoms with E-state index in [1.165, 1.54) is 25.7 Å². The maximum atomic E-state index is 5.35. The Morgan fingerprint density at radius 1 is 0.885 bits per heavy atom. The van der Waals surface area contributed by atoms with Crippen molar-refractivity contribution >= 4 is 11.9 Å². The number of aromatic nitrogens is 6. The molecule has 26 heavy (non-hydrogen) atoms. The molecule has 2 aliphatic rings. The van der Waals surface area contributed by atoms with Crippen molar-refractivity contribution in [2.24, 2.45) is 0 Å². The lowest BCUT2D eigenvalue weighted by Crippen LogP contribution is -2.36. The third-order valence-corrected chi connectivity index (χ3v) is 5.22. The van der Waals surface area contributed by atoms with E-state index >= 15 is 0 Å². The predicted molar refractivity (Wildman–Crippen MR) is 97.6 cm³/mol. The summed E-state index contributed by atoms with van der Waals surface area (Å²) in [6.07, 6.45) is 10.3. The Morgan fingerprint density at radius 2 is 1.54 bits per heavy atom. The first-order valence-electron chi connectivity index (χ1n) is 9.47. The molecule has 0 bridgehead atoms. The van der Waals surface area contributed by atoms with Crippen molar-refractivity contribution in [1.82, 2.24) is 29.7 Å². The Kier molecular flexibility index (Phi) is 5.12. The maximum Gasteiger partial charge on any atom is 0.322 e. The molecule has 9 heteroatoms. The summed E-state index contributed by atoms with van der Waals surface area (Å²) in [5, 5.41) is 4.27. The Labute approximate surface area is 153 Å². The highest BCUT2D eigenvalue weighted by atomic mass is 16.5. The van der Waals surface area contributed by atoms with Crippen molar-refractivity contribution in [3.8, 4) is 6.01 Å². The van der Waals surface area contributed by atoms with Crippen LogP contribution in [0.15, 0.2) is 12.7 Å². The minimum atomic E-state index is 0.391. The van der Waals surface area contributed by atoms with Gasteiger partial charge >= 0.3 is 6.01 Å². The van der Waals surface area contributed by atoms with Crippen LogP contribution in [-0.4, -0.2) is 63.0 Å². The summed E-state index contributed by atoms with van der Waals surface area (Å²) in [6.45, 7) is 3.77. The van der Waals surface area contributed by atoms with Crippen molar-refractivity contribution in [3.63, 3.8) is 0 Å². The Balaban J connectivity index is 1.50. The normalized spacial score (nSPS) is 19.4. The summed E-state index contributed by atoms with van der Waals surface area (Å²) >= 11 is 0. The van der Waals surface area contributed by atoms with Crippen LogP contribution in [0.3, 0.4) is 0 Å². The van der Waals surface area contributed by atoms with Gasteiger partial charge < -0.3 is 14.5 Å². The van der Waals surface area contributed by atoms with Gasteiger partial charge in [-0.2, -0.15) is 20.1 Å². The Bertz CT molecular complexity index is 691. The lowest BCUT2D eigenvalue weighted by Gasteiger charge is -2.32.